The fourth-order valence-corrected chi connectivity index (χ4v) is 1.44. The molecule has 0 atom stereocenters. The molecule has 0 fully saturated rings. The Labute approximate surface area is 88.8 Å². The summed E-state index contributed by atoms with van der Waals surface area (Å²) in [4.78, 5) is 10.6. The zero-order valence-electron chi connectivity index (χ0n) is 8.60. The molecule has 0 aromatic carbocycles. The van der Waals surface area contributed by atoms with Crippen molar-refractivity contribution in [3.63, 3.8) is 0 Å². The number of rotatable bonds is 6. The molecule has 0 aliphatic rings. The van der Waals surface area contributed by atoms with E-state index in [0.29, 0.717) is 0 Å². The van der Waals surface area contributed by atoms with E-state index >= 15 is 0 Å². The molecule has 7 heteroatoms. The average Bonchev–Trinajstić information content (AvgIpc) is 1.98. The van der Waals surface area contributed by atoms with Crippen molar-refractivity contribution in [3.8, 4) is 0 Å². The monoisotopic (exact) mass is 238 g/mol. The molecule has 0 unspecified atom stereocenters. The Kier molecular flexibility index (Phi) is 4.92. The van der Waals surface area contributed by atoms with Gasteiger partial charge in [0.05, 0.1) is 12.2 Å². The van der Waals surface area contributed by atoms with Crippen molar-refractivity contribution in [1.29, 1.82) is 0 Å². The summed E-state index contributed by atoms with van der Waals surface area (Å²) in [5, 5.41) is 0. The van der Waals surface area contributed by atoms with Crippen LogP contribution in [0.15, 0.2) is 12.7 Å². The molecule has 0 radical (unpaired) electrons. The number of hydrogen-bond acceptors (Lipinski definition) is 5. The smallest absolute Gasteiger partial charge is 0.397 e. The molecule has 88 valence electrons. The van der Waals surface area contributed by atoms with Crippen molar-refractivity contribution in [2.45, 2.75) is 25.9 Å². The highest BCUT2D eigenvalue weighted by Crippen LogP contribution is 2.16. The van der Waals surface area contributed by atoms with Crippen molar-refractivity contribution in [1.82, 2.24) is 0 Å². The minimum absolute atomic E-state index is 0.0205. The van der Waals surface area contributed by atoms with Gasteiger partial charge >= 0.3 is 16.4 Å². The van der Waals surface area contributed by atoms with E-state index in [4.69, 9.17) is 4.55 Å². The fraction of sp³-hybridized carbons (Fsp3) is 0.625. The third kappa shape index (κ3) is 8.10. The van der Waals surface area contributed by atoms with Gasteiger partial charge in [0, 0.05) is 12.5 Å². The first kappa shape index (κ1) is 14.1. The Morgan fingerprint density at radius 3 is 2.47 bits per heavy atom. The van der Waals surface area contributed by atoms with E-state index in [2.05, 4.69) is 15.5 Å². The molecule has 0 saturated carbocycles. The molecule has 0 aromatic heterocycles. The third-order valence-corrected chi connectivity index (χ3v) is 2.11. The van der Waals surface area contributed by atoms with Gasteiger partial charge in [0.2, 0.25) is 0 Å². The topological polar surface area (TPSA) is 89.9 Å². The Morgan fingerprint density at radius 2 is 2.07 bits per heavy atom. The number of carbonyl (C=O) groups is 1. The number of esters is 1. The second kappa shape index (κ2) is 5.24. The van der Waals surface area contributed by atoms with Crippen molar-refractivity contribution in [3.05, 3.63) is 12.7 Å². The predicted molar refractivity (Wildman–Crippen MR) is 52.5 cm³/mol. The summed E-state index contributed by atoms with van der Waals surface area (Å²) < 4.78 is 38.2. The Balaban J connectivity index is 4.05. The van der Waals surface area contributed by atoms with E-state index in [0.717, 1.165) is 6.08 Å². The molecular formula is C8H14O6S. The highest BCUT2D eigenvalue weighted by Gasteiger charge is 2.25. The highest BCUT2D eigenvalue weighted by molar-refractivity contribution is 7.80. The third-order valence-electron chi connectivity index (χ3n) is 1.45. The van der Waals surface area contributed by atoms with E-state index < -0.39 is 22.0 Å². The van der Waals surface area contributed by atoms with E-state index in [9.17, 15) is 13.2 Å². The average molecular weight is 238 g/mol. The lowest BCUT2D eigenvalue weighted by Crippen LogP contribution is -2.29. The standard InChI is InChI=1S/C8H14O6S/c1-4-7(9)13-6-5-8(2,3)14-15(10,11)12/h4H,1,5-6H2,2-3H3,(H,10,11,12). The van der Waals surface area contributed by atoms with Crippen LogP contribution in [0.3, 0.4) is 0 Å². The van der Waals surface area contributed by atoms with E-state index in [-0.39, 0.29) is 13.0 Å². The second-order valence-electron chi connectivity index (χ2n) is 3.39. The Morgan fingerprint density at radius 1 is 1.53 bits per heavy atom. The van der Waals surface area contributed by atoms with Crippen LogP contribution in [-0.2, 0) is 24.1 Å². The van der Waals surface area contributed by atoms with Gasteiger partial charge in [-0.1, -0.05) is 6.58 Å². The molecule has 6 nitrogen and oxygen atoms in total. The first-order chi connectivity index (χ1) is 6.66. The Bertz CT molecular complexity index is 329. The van der Waals surface area contributed by atoms with Crippen molar-refractivity contribution >= 4 is 16.4 Å². The van der Waals surface area contributed by atoms with Gasteiger partial charge in [0.1, 0.15) is 0 Å². The minimum Gasteiger partial charge on any atom is -0.462 e. The number of hydrogen-bond donors (Lipinski definition) is 1. The van der Waals surface area contributed by atoms with Crippen LogP contribution in [-0.4, -0.2) is 31.1 Å². The van der Waals surface area contributed by atoms with Crippen molar-refractivity contribution in [2.24, 2.45) is 0 Å². The van der Waals surface area contributed by atoms with Crippen LogP contribution in [0.5, 0.6) is 0 Å². The summed E-state index contributed by atoms with van der Waals surface area (Å²) in [7, 11) is -4.50. The summed E-state index contributed by atoms with van der Waals surface area (Å²) in [6, 6.07) is 0. The van der Waals surface area contributed by atoms with Crippen LogP contribution >= 0.6 is 0 Å². The van der Waals surface area contributed by atoms with Crippen LogP contribution in [0.25, 0.3) is 0 Å². The normalized spacial score (nSPS) is 12.2. The molecule has 0 bridgehead atoms. The Hall–Kier alpha value is -0.920. The van der Waals surface area contributed by atoms with E-state index in [1.165, 1.54) is 13.8 Å². The van der Waals surface area contributed by atoms with Crippen LogP contribution in [0.2, 0.25) is 0 Å². The fourth-order valence-electron chi connectivity index (χ4n) is 0.783. The summed E-state index contributed by atoms with van der Waals surface area (Å²) in [5.41, 5.74) is -1.13. The lowest BCUT2D eigenvalue weighted by atomic mass is 10.1. The summed E-state index contributed by atoms with van der Waals surface area (Å²) in [6.45, 7) is 6.07. The van der Waals surface area contributed by atoms with Crippen molar-refractivity contribution in [2.75, 3.05) is 6.61 Å². The first-order valence-corrected chi connectivity index (χ1v) is 5.50. The van der Waals surface area contributed by atoms with Gasteiger partial charge < -0.3 is 4.74 Å². The van der Waals surface area contributed by atoms with Crippen LogP contribution in [0.4, 0.5) is 0 Å². The van der Waals surface area contributed by atoms with Gasteiger partial charge in [0.25, 0.3) is 0 Å². The molecular weight excluding hydrogens is 224 g/mol. The summed E-state index contributed by atoms with van der Waals surface area (Å²) in [5.74, 6) is -0.599. The zero-order chi connectivity index (χ0) is 12.1. The second-order valence-corrected chi connectivity index (χ2v) is 4.41. The number of ether oxygens (including phenoxy) is 1. The molecule has 0 rings (SSSR count). The van der Waals surface area contributed by atoms with Crippen LogP contribution in [0, 0.1) is 0 Å². The molecule has 0 aliphatic carbocycles. The van der Waals surface area contributed by atoms with Crippen molar-refractivity contribution < 1.29 is 26.7 Å². The molecule has 1 N–H and O–H groups in total. The molecule has 15 heavy (non-hydrogen) atoms. The van der Waals surface area contributed by atoms with E-state index in [1.807, 2.05) is 0 Å². The zero-order valence-corrected chi connectivity index (χ0v) is 9.41. The van der Waals surface area contributed by atoms with Crippen LogP contribution in [0.1, 0.15) is 20.3 Å². The summed E-state index contributed by atoms with van der Waals surface area (Å²) >= 11 is 0. The molecule has 0 aliphatic heterocycles. The molecule has 0 aromatic rings. The van der Waals surface area contributed by atoms with Gasteiger partial charge in [-0.25, -0.2) is 8.98 Å². The largest absolute Gasteiger partial charge is 0.462 e. The maximum Gasteiger partial charge on any atom is 0.397 e. The predicted octanol–water partition coefficient (Wildman–Crippen LogP) is 0.704. The number of carbonyl (C=O) groups excluding carboxylic acids is 1. The summed E-state index contributed by atoms with van der Waals surface area (Å²) in [6.07, 6.45) is 1.13. The molecule has 0 saturated heterocycles. The van der Waals surface area contributed by atoms with Gasteiger partial charge in [-0.15, -0.1) is 0 Å². The maximum absolute atomic E-state index is 10.6. The SMILES string of the molecule is C=CC(=O)OCCC(C)(C)OS(=O)(=O)O. The quantitative estimate of drug-likeness (QED) is 0.416. The van der Waals surface area contributed by atoms with Crippen LogP contribution < -0.4 is 0 Å². The lowest BCUT2D eigenvalue weighted by molar-refractivity contribution is -0.138. The first-order valence-electron chi connectivity index (χ1n) is 4.13. The molecule has 0 heterocycles. The van der Waals surface area contributed by atoms with Gasteiger partial charge in [0.15, 0.2) is 0 Å². The van der Waals surface area contributed by atoms with Gasteiger partial charge in [-0.2, -0.15) is 8.42 Å². The highest BCUT2D eigenvalue weighted by atomic mass is 32.3. The van der Waals surface area contributed by atoms with Gasteiger partial charge in [-0.3, -0.25) is 4.55 Å². The lowest BCUT2D eigenvalue weighted by Gasteiger charge is -2.21. The molecule has 0 spiro atoms. The van der Waals surface area contributed by atoms with E-state index in [1.54, 1.807) is 0 Å². The minimum atomic E-state index is -4.50. The molecule has 0 amide bonds. The van der Waals surface area contributed by atoms with Gasteiger partial charge in [-0.05, 0) is 13.8 Å². The maximum atomic E-state index is 10.6.